The lowest BCUT2D eigenvalue weighted by Gasteiger charge is -2.26. The van der Waals surface area contributed by atoms with Crippen LogP contribution in [0, 0.1) is 0 Å². The van der Waals surface area contributed by atoms with E-state index in [2.05, 4.69) is 10.4 Å². The van der Waals surface area contributed by atoms with Gasteiger partial charge in [0, 0.05) is 18.5 Å². The molecule has 0 unspecified atom stereocenters. The number of hydrazine groups is 1. The Morgan fingerprint density at radius 3 is 2.39 bits per heavy atom. The van der Waals surface area contributed by atoms with E-state index >= 15 is 0 Å². The molecule has 4 rings (SSSR count). The zero-order chi connectivity index (χ0) is 21.7. The lowest BCUT2D eigenvalue weighted by atomic mass is 10.3. The number of carbonyl (C=O) groups is 1. The third kappa shape index (κ3) is 5.04. The fourth-order valence-corrected chi connectivity index (χ4v) is 5.39. The molecule has 1 aliphatic rings. The summed E-state index contributed by atoms with van der Waals surface area (Å²) < 4.78 is 33.1. The van der Waals surface area contributed by atoms with Crippen LogP contribution in [-0.4, -0.2) is 50.5 Å². The number of thiazole rings is 1. The summed E-state index contributed by atoms with van der Waals surface area (Å²) in [5, 5.41) is 1.95. The van der Waals surface area contributed by atoms with Gasteiger partial charge in [-0.05, 0) is 24.3 Å². The maximum absolute atomic E-state index is 13.4. The van der Waals surface area contributed by atoms with Gasteiger partial charge in [0.1, 0.15) is 0 Å². The number of rotatable bonds is 7. The lowest BCUT2D eigenvalue weighted by molar-refractivity contribution is -0.134. The van der Waals surface area contributed by atoms with Gasteiger partial charge < -0.3 is 9.64 Å². The molecule has 10 heteroatoms. The molecule has 1 aliphatic heterocycles. The molecule has 0 aliphatic carbocycles. The fourth-order valence-electron chi connectivity index (χ4n) is 3.09. The van der Waals surface area contributed by atoms with E-state index in [-0.39, 0.29) is 22.4 Å². The predicted octanol–water partition coefficient (Wildman–Crippen LogP) is 2.77. The highest BCUT2D eigenvalue weighted by molar-refractivity contribution is 7.93. The zero-order valence-electron chi connectivity index (χ0n) is 16.7. The van der Waals surface area contributed by atoms with Gasteiger partial charge in [-0.25, -0.2) is 4.98 Å². The maximum atomic E-state index is 13.4. The lowest BCUT2D eigenvalue weighted by Crippen LogP contribution is -2.41. The van der Waals surface area contributed by atoms with E-state index in [1.165, 1.54) is 12.1 Å². The summed E-state index contributed by atoms with van der Waals surface area (Å²) in [7, 11) is -3.93. The van der Waals surface area contributed by atoms with E-state index in [0.717, 1.165) is 15.8 Å². The number of hydrogen-bond acceptors (Lipinski definition) is 7. The first-order valence-electron chi connectivity index (χ1n) is 9.76. The van der Waals surface area contributed by atoms with E-state index in [0.29, 0.717) is 37.7 Å². The van der Waals surface area contributed by atoms with Crippen LogP contribution in [0.25, 0.3) is 0 Å². The molecule has 31 heavy (non-hydrogen) atoms. The summed E-state index contributed by atoms with van der Waals surface area (Å²) >= 11 is 1.16. The molecule has 1 fully saturated rings. The first-order chi connectivity index (χ1) is 15.0. The average molecular weight is 459 g/mol. The van der Waals surface area contributed by atoms with Crippen LogP contribution in [0.3, 0.4) is 0 Å². The minimum Gasteiger partial charge on any atom is -0.378 e. The minimum atomic E-state index is -3.93. The quantitative estimate of drug-likeness (QED) is 0.548. The van der Waals surface area contributed by atoms with Gasteiger partial charge in [-0.1, -0.05) is 36.4 Å². The van der Waals surface area contributed by atoms with E-state index < -0.39 is 10.0 Å². The van der Waals surface area contributed by atoms with Crippen molar-refractivity contribution < 1.29 is 17.9 Å². The number of sulfonamides is 1. The van der Waals surface area contributed by atoms with Crippen molar-refractivity contribution in [2.24, 2.45) is 0 Å². The third-order valence-electron chi connectivity index (χ3n) is 4.70. The molecule has 0 saturated carbocycles. The highest BCUT2D eigenvalue weighted by Gasteiger charge is 2.28. The molecule has 2 heterocycles. The third-order valence-corrected chi connectivity index (χ3v) is 7.30. The molecule has 2 aromatic carbocycles. The molecule has 1 amide bonds. The summed E-state index contributed by atoms with van der Waals surface area (Å²) in [4.78, 5) is 18.9. The van der Waals surface area contributed by atoms with Crippen LogP contribution in [0.4, 0.5) is 10.8 Å². The second-order valence-corrected chi connectivity index (χ2v) is 9.47. The average Bonchev–Trinajstić information content (AvgIpc) is 3.27. The topological polar surface area (TPSA) is 91.8 Å². The van der Waals surface area contributed by atoms with E-state index in [9.17, 15) is 13.2 Å². The highest BCUT2D eigenvalue weighted by atomic mass is 32.2. The molecular formula is C21H22N4O4S2. The Labute approximate surface area is 185 Å². The van der Waals surface area contributed by atoms with Crippen LogP contribution in [0.15, 0.2) is 70.9 Å². The zero-order valence-corrected chi connectivity index (χ0v) is 18.3. The van der Waals surface area contributed by atoms with Crippen LogP contribution in [0.5, 0.6) is 0 Å². The number of anilines is 2. The molecule has 1 aromatic heterocycles. The van der Waals surface area contributed by atoms with Gasteiger partial charge in [0.05, 0.1) is 35.9 Å². The van der Waals surface area contributed by atoms with Crippen molar-refractivity contribution >= 4 is 38.1 Å². The summed E-state index contributed by atoms with van der Waals surface area (Å²) in [6.07, 6.45) is 0.112. The minimum absolute atomic E-state index is 0.0476. The number of hydrogen-bond donors (Lipinski definition) is 1. The van der Waals surface area contributed by atoms with Gasteiger partial charge in [-0.15, -0.1) is 15.8 Å². The summed E-state index contributed by atoms with van der Waals surface area (Å²) in [6, 6.07) is 17.2. The smallest absolute Gasteiger partial charge is 0.283 e. The number of aromatic nitrogens is 1. The standard InChI is InChI=1S/C21H22N4O4S2/c26-20(24-11-13-29-14-12-24)15-18-16-30-21(22-18)25(23-17-7-3-1-4-8-17)31(27,28)19-9-5-2-6-10-19/h1-10,16,23H,11-15H2. The number of nitrogens with one attached hydrogen (secondary N) is 1. The van der Waals surface area contributed by atoms with Gasteiger partial charge in [-0.3, -0.25) is 10.2 Å². The van der Waals surface area contributed by atoms with Crippen molar-refractivity contribution in [1.82, 2.24) is 9.88 Å². The number of carbonyl (C=O) groups excluding carboxylic acids is 1. The van der Waals surface area contributed by atoms with Gasteiger partial charge in [0.25, 0.3) is 10.0 Å². The van der Waals surface area contributed by atoms with Crippen molar-refractivity contribution in [3.05, 3.63) is 71.7 Å². The van der Waals surface area contributed by atoms with Crippen molar-refractivity contribution in [1.29, 1.82) is 0 Å². The number of morpholine rings is 1. The molecule has 162 valence electrons. The second-order valence-electron chi connectivity index (χ2n) is 6.85. The molecule has 0 radical (unpaired) electrons. The van der Waals surface area contributed by atoms with Crippen LogP contribution >= 0.6 is 11.3 Å². The van der Waals surface area contributed by atoms with Crippen LogP contribution in [-0.2, 0) is 26.0 Å². The monoisotopic (exact) mass is 458 g/mol. The summed E-state index contributed by atoms with van der Waals surface area (Å²) in [6.45, 7) is 2.16. The Kier molecular flexibility index (Phi) is 6.50. The normalized spacial score (nSPS) is 14.3. The fraction of sp³-hybridized carbons (Fsp3) is 0.238. The number of ether oxygens (including phenoxy) is 1. The Morgan fingerprint density at radius 2 is 1.71 bits per heavy atom. The number of nitrogens with zero attached hydrogens (tertiary/aromatic N) is 3. The van der Waals surface area contributed by atoms with E-state index in [4.69, 9.17) is 4.74 Å². The largest absolute Gasteiger partial charge is 0.378 e. The Morgan fingerprint density at radius 1 is 1.06 bits per heavy atom. The Hall–Kier alpha value is -2.95. The molecule has 1 saturated heterocycles. The van der Waals surface area contributed by atoms with Gasteiger partial charge >= 0.3 is 0 Å². The van der Waals surface area contributed by atoms with Gasteiger partial charge in [0.2, 0.25) is 11.0 Å². The summed E-state index contributed by atoms with van der Waals surface area (Å²) in [5.74, 6) is -0.0476. The maximum Gasteiger partial charge on any atom is 0.283 e. The number of para-hydroxylation sites is 1. The Balaban J connectivity index is 1.60. The summed E-state index contributed by atoms with van der Waals surface area (Å²) in [5.41, 5.74) is 4.07. The van der Waals surface area contributed by atoms with Crippen molar-refractivity contribution in [3.63, 3.8) is 0 Å². The molecule has 3 aromatic rings. The molecular weight excluding hydrogens is 436 g/mol. The van der Waals surface area contributed by atoms with Crippen LogP contribution in [0.1, 0.15) is 5.69 Å². The van der Waals surface area contributed by atoms with Crippen molar-refractivity contribution in [3.8, 4) is 0 Å². The number of benzene rings is 2. The molecule has 0 bridgehead atoms. The molecule has 8 nitrogen and oxygen atoms in total. The molecule has 1 N–H and O–H groups in total. The van der Waals surface area contributed by atoms with Crippen LogP contribution < -0.4 is 9.84 Å². The van der Waals surface area contributed by atoms with Crippen molar-refractivity contribution in [2.45, 2.75) is 11.3 Å². The molecule has 0 atom stereocenters. The molecule has 0 spiro atoms. The predicted molar refractivity (Wildman–Crippen MR) is 119 cm³/mol. The number of amides is 1. The first kappa shape index (κ1) is 21.3. The van der Waals surface area contributed by atoms with Crippen molar-refractivity contribution in [2.75, 3.05) is 36.1 Å². The van der Waals surface area contributed by atoms with Crippen LogP contribution in [0.2, 0.25) is 0 Å². The highest BCUT2D eigenvalue weighted by Crippen LogP contribution is 2.28. The second kappa shape index (κ2) is 9.46. The van der Waals surface area contributed by atoms with Gasteiger partial charge in [0.15, 0.2) is 0 Å². The van der Waals surface area contributed by atoms with E-state index in [1.807, 2.05) is 18.2 Å². The first-order valence-corrected chi connectivity index (χ1v) is 12.1. The van der Waals surface area contributed by atoms with E-state index in [1.54, 1.807) is 40.6 Å². The Bertz CT molecular complexity index is 1110. The van der Waals surface area contributed by atoms with Gasteiger partial charge in [-0.2, -0.15) is 8.42 Å². The SMILES string of the molecule is O=C(Cc1csc(N(Nc2ccccc2)S(=O)(=O)c2ccccc2)n1)N1CCOCC1.